The van der Waals surface area contributed by atoms with Gasteiger partial charge in [0.1, 0.15) is 18.9 Å². The smallest absolute Gasteiger partial charge is 0.325 e. The molecular weight excluding hydrogens is 306 g/mol. The normalized spacial score (nSPS) is 10.1. The van der Waals surface area contributed by atoms with Crippen LogP contribution in [0.1, 0.15) is 27.0 Å². The van der Waals surface area contributed by atoms with E-state index < -0.39 is 5.97 Å². The predicted octanol–water partition coefficient (Wildman–Crippen LogP) is 2.79. The number of nitrogens with one attached hydrogen (secondary N) is 1. The molecule has 0 saturated heterocycles. The second kappa shape index (κ2) is 8.15. The Morgan fingerprint density at radius 1 is 1.04 bits per heavy atom. The Labute approximate surface area is 141 Å². The van der Waals surface area contributed by atoms with Gasteiger partial charge in [0.25, 0.3) is 5.91 Å². The van der Waals surface area contributed by atoms with Crippen LogP contribution in [0.2, 0.25) is 0 Å². The summed E-state index contributed by atoms with van der Waals surface area (Å²) in [6.45, 7) is 3.81. The third-order valence-electron chi connectivity index (χ3n) is 3.41. The minimum absolute atomic E-state index is 0.134. The lowest BCUT2D eigenvalue weighted by atomic mass is 10.1. The number of hydrogen-bond donors (Lipinski definition) is 1. The van der Waals surface area contributed by atoms with Crippen LogP contribution in [0.3, 0.4) is 0 Å². The van der Waals surface area contributed by atoms with Crippen LogP contribution in [0.5, 0.6) is 5.75 Å². The molecule has 0 aliphatic rings. The number of ether oxygens (including phenoxy) is 2. The molecule has 1 amide bonds. The van der Waals surface area contributed by atoms with Crippen LogP contribution in [-0.4, -0.2) is 25.5 Å². The Bertz CT molecular complexity index is 720. The van der Waals surface area contributed by atoms with Crippen molar-refractivity contribution in [1.82, 2.24) is 5.32 Å². The molecule has 5 nitrogen and oxygen atoms in total. The van der Waals surface area contributed by atoms with E-state index in [0.29, 0.717) is 11.3 Å². The van der Waals surface area contributed by atoms with Crippen LogP contribution < -0.4 is 10.1 Å². The number of hydrogen-bond acceptors (Lipinski definition) is 4. The molecular formula is C19H21NO4. The molecule has 2 rings (SSSR count). The second-order valence-electron chi connectivity index (χ2n) is 5.57. The lowest BCUT2D eigenvalue weighted by Crippen LogP contribution is -2.30. The van der Waals surface area contributed by atoms with E-state index in [4.69, 9.17) is 9.47 Å². The van der Waals surface area contributed by atoms with Crippen LogP contribution in [-0.2, 0) is 16.1 Å². The summed E-state index contributed by atoms with van der Waals surface area (Å²) < 4.78 is 10.3. The van der Waals surface area contributed by atoms with E-state index in [0.717, 1.165) is 16.7 Å². The molecule has 2 aromatic carbocycles. The maximum atomic E-state index is 12.1. The Morgan fingerprint density at radius 3 is 2.42 bits per heavy atom. The van der Waals surface area contributed by atoms with Gasteiger partial charge >= 0.3 is 5.97 Å². The highest BCUT2D eigenvalue weighted by Gasteiger charge is 2.10. The summed E-state index contributed by atoms with van der Waals surface area (Å²) in [5, 5.41) is 2.57. The summed E-state index contributed by atoms with van der Waals surface area (Å²) in [6.07, 6.45) is 0. The van der Waals surface area contributed by atoms with E-state index in [1.807, 2.05) is 38.1 Å². The fourth-order valence-corrected chi connectivity index (χ4v) is 2.34. The van der Waals surface area contributed by atoms with Gasteiger partial charge in [0.2, 0.25) is 0 Å². The van der Waals surface area contributed by atoms with Gasteiger partial charge in [0.15, 0.2) is 0 Å². The largest absolute Gasteiger partial charge is 0.497 e. The summed E-state index contributed by atoms with van der Waals surface area (Å²) in [7, 11) is 1.58. The third kappa shape index (κ3) is 5.12. The van der Waals surface area contributed by atoms with Gasteiger partial charge in [-0.05, 0) is 43.7 Å². The van der Waals surface area contributed by atoms with Gasteiger partial charge in [-0.3, -0.25) is 9.59 Å². The highest BCUT2D eigenvalue weighted by atomic mass is 16.5. The number of aryl methyl sites for hydroxylation is 2. The molecule has 0 bridgehead atoms. The van der Waals surface area contributed by atoms with Crippen molar-refractivity contribution in [2.24, 2.45) is 0 Å². The molecule has 24 heavy (non-hydrogen) atoms. The minimum atomic E-state index is -0.490. The molecule has 0 aliphatic heterocycles. The van der Waals surface area contributed by atoms with Crippen molar-refractivity contribution in [3.8, 4) is 5.75 Å². The number of methoxy groups -OCH3 is 1. The zero-order chi connectivity index (χ0) is 17.5. The fourth-order valence-electron chi connectivity index (χ4n) is 2.34. The van der Waals surface area contributed by atoms with Crippen LogP contribution in [0, 0.1) is 13.8 Å². The summed E-state index contributed by atoms with van der Waals surface area (Å²) >= 11 is 0. The fraction of sp³-hybridized carbons (Fsp3) is 0.263. The molecule has 0 saturated carbocycles. The first-order chi connectivity index (χ1) is 11.5. The average Bonchev–Trinajstić information content (AvgIpc) is 2.57. The molecule has 0 atom stereocenters. The van der Waals surface area contributed by atoms with Crippen molar-refractivity contribution in [1.29, 1.82) is 0 Å². The summed E-state index contributed by atoms with van der Waals surface area (Å²) in [4.78, 5) is 23.8. The summed E-state index contributed by atoms with van der Waals surface area (Å²) in [6, 6.07) is 12.8. The molecule has 0 fully saturated rings. The predicted molar refractivity (Wildman–Crippen MR) is 91.0 cm³/mol. The lowest BCUT2D eigenvalue weighted by molar-refractivity contribution is -0.143. The molecule has 5 heteroatoms. The van der Waals surface area contributed by atoms with E-state index in [2.05, 4.69) is 5.32 Å². The van der Waals surface area contributed by atoms with Crippen molar-refractivity contribution >= 4 is 11.9 Å². The average molecular weight is 327 g/mol. The topological polar surface area (TPSA) is 64.6 Å². The molecule has 0 aliphatic carbocycles. The Morgan fingerprint density at radius 2 is 1.75 bits per heavy atom. The second-order valence-corrected chi connectivity index (χ2v) is 5.57. The number of carbonyl (C=O) groups excluding carboxylic acids is 2. The van der Waals surface area contributed by atoms with E-state index in [9.17, 15) is 9.59 Å². The molecule has 0 heterocycles. The van der Waals surface area contributed by atoms with Gasteiger partial charge < -0.3 is 14.8 Å². The molecule has 0 radical (unpaired) electrons. The maximum absolute atomic E-state index is 12.1. The van der Waals surface area contributed by atoms with Gasteiger partial charge in [-0.25, -0.2) is 0 Å². The van der Waals surface area contributed by atoms with Gasteiger partial charge in [-0.15, -0.1) is 0 Å². The zero-order valence-corrected chi connectivity index (χ0v) is 14.1. The first kappa shape index (κ1) is 17.5. The van der Waals surface area contributed by atoms with Crippen molar-refractivity contribution in [3.63, 3.8) is 0 Å². The molecule has 2 aromatic rings. The van der Waals surface area contributed by atoms with Gasteiger partial charge in [0, 0.05) is 5.56 Å². The van der Waals surface area contributed by atoms with E-state index in [-0.39, 0.29) is 19.1 Å². The van der Waals surface area contributed by atoms with Gasteiger partial charge in [-0.1, -0.05) is 29.3 Å². The molecule has 0 aromatic heterocycles. The minimum Gasteiger partial charge on any atom is -0.497 e. The van der Waals surface area contributed by atoms with Crippen molar-refractivity contribution in [2.45, 2.75) is 20.5 Å². The first-order valence-corrected chi connectivity index (χ1v) is 7.63. The van der Waals surface area contributed by atoms with Gasteiger partial charge in [0.05, 0.1) is 7.11 Å². The van der Waals surface area contributed by atoms with Crippen molar-refractivity contribution in [2.75, 3.05) is 13.7 Å². The number of benzene rings is 2. The number of amides is 1. The molecule has 126 valence electrons. The maximum Gasteiger partial charge on any atom is 0.325 e. The van der Waals surface area contributed by atoms with Crippen LogP contribution >= 0.6 is 0 Å². The molecule has 1 N–H and O–H groups in total. The number of rotatable bonds is 6. The Balaban J connectivity index is 1.83. The van der Waals surface area contributed by atoms with Crippen molar-refractivity contribution in [3.05, 3.63) is 64.7 Å². The zero-order valence-electron chi connectivity index (χ0n) is 14.1. The van der Waals surface area contributed by atoms with E-state index in [1.165, 1.54) is 0 Å². The quantitative estimate of drug-likeness (QED) is 0.829. The van der Waals surface area contributed by atoms with E-state index in [1.54, 1.807) is 25.3 Å². The third-order valence-corrected chi connectivity index (χ3v) is 3.41. The van der Waals surface area contributed by atoms with Crippen LogP contribution in [0.25, 0.3) is 0 Å². The number of carbonyl (C=O) groups is 2. The van der Waals surface area contributed by atoms with Gasteiger partial charge in [-0.2, -0.15) is 0 Å². The highest BCUT2D eigenvalue weighted by Crippen LogP contribution is 2.13. The monoisotopic (exact) mass is 327 g/mol. The SMILES string of the molecule is COc1cccc(COC(=O)CNC(=O)c2cc(C)cc(C)c2)c1. The van der Waals surface area contributed by atoms with Crippen LogP contribution in [0.15, 0.2) is 42.5 Å². The van der Waals surface area contributed by atoms with E-state index >= 15 is 0 Å². The summed E-state index contributed by atoms with van der Waals surface area (Å²) in [5.41, 5.74) is 3.36. The lowest BCUT2D eigenvalue weighted by Gasteiger charge is -2.08. The highest BCUT2D eigenvalue weighted by molar-refractivity contribution is 5.96. The number of esters is 1. The Hall–Kier alpha value is -2.82. The Kier molecular flexibility index (Phi) is 5.95. The molecule has 0 spiro atoms. The standard InChI is InChI=1S/C19H21NO4/c1-13-7-14(2)9-16(8-13)19(22)20-11-18(21)24-12-15-5-4-6-17(10-15)23-3/h4-10H,11-12H2,1-3H3,(H,20,22). The molecule has 0 unspecified atom stereocenters. The van der Waals surface area contributed by atoms with Crippen LogP contribution in [0.4, 0.5) is 0 Å². The van der Waals surface area contributed by atoms with Crippen molar-refractivity contribution < 1.29 is 19.1 Å². The first-order valence-electron chi connectivity index (χ1n) is 7.63. The summed E-state index contributed by atoms with van der Waals surface area (Å²) in [5.74, 6) is -0.0812.